The van der Waals surface area contributed by atoms with Gasteiger partial charge in [0.1, 0.15) is 0 Å². The van der Waals surface area contributed by atoms with Gasteiger partial charge < -0.3 is 0 Å². The fourth-order valence-electron chi connectivity index (χ4n) is 9.68. The summed E-state index contributed by atoms with van der Waals surface area (Å²) in [5.74, 6) is 0.0549. The van der Waals surface area contributed by atoms with Crippen LogP contribution in [0.15, 0.2) is 223 Å². The van der Waals surface area contributed by atoms with Gasteiger partial charge in [-0.25, -0.2) is 0 Å². The molecule has 5 heteroatoms. The van der Waals surface area contributed by atoms with Gasteiger partial charge >= 0.3 is 300 Å². The van der Waals surface area contributed by atoms with E-state index in [9.17, 15) is 4.79 Å². The van der Waals surface area contributed by atoms with E-state index < -0.39 is 20.5 Å². The SMILES string of the molecule is O=C1c2cc(-n3c4ccc(N(c5ccccc5)c5ccccc5)cc4c4cc(N(c5ccccc5)c5ccccc5)ccc43)ccc2[Te]=C2C=C3Cc4ccccc4CC3=CC12. The normalized spacial score (nSPS) is 15.1. The van der Waals surface area contributed by atoms with Gasteiger partial charge in [0, 0.05) is 0 Å². The molecule has 0 amide bonds. The van der Waals surface area contributed by atoms with Crippen LogP contribution in [0.5, 0.6) is 0 Å². The van der Waals surface area contributed by atoms with Gasteiger partial charge in [-0.05, 0) is 0 Å². The van der Waals surface area contributed by atoms with Gasteiger partial charge in [-0.1, -0.05) is 72.8 Å². The van der Waals surface area contributed by atoms with Gasteiger partial charge in [0.05, 0.1) is 0 Å². The third-order valence-electron chi connectivity index (χ3n) is 12.6. The Morgan fingerprint density at radius 3 is 1.44 bits per heavy atom. The monoisotopic (exact) mass is 912 g/mol. The van der Waals surface area contributed by atoms with Gasteiger partial charge in [-0.2, -0.15) is 0 Å². The number of para-hydroxylation sites is 4. The summed E-state index contributed by atoms with van der Waals surface area (Å²) in [6.07, 6.45) is 6.56. The summed E-state index contributed by atoms with van der Waals surface area (Å²) >= 11 is -0.730. The Morgan fingerprint density at radius 2 is 0.935 bits per heavy atom. The predicted molar refractivity (Wildman–Crippen MR) is 258 cm³/mol. The minimum absolute atomic E-state index is 0.170. The Balaban J connectivity index is 1.04. The zero-order chi connectivity index (χ0) is 41.1. The van der Waals surface area contributed by atoms with Crippen molar-refractivity contribution in [3.05, 3.63) is 240 Å². The van der Waals surface area contributed by atoms with Crippen molar-refractivity contribution in [2.24, 2.45) is 5.92 Å². The molecule has 0 N–H and O–H groups in total. The van der Waals surface area contributed by atoms with Crippen LogP contribution in [0.1, 0.15) is 21.5 Å². The Hall–Kier alpha value is -7.03. The summed E-state index contributed by atoms with van der Waals surface area (Å²) in [5, 5.41) is 2.27. The van der Waals surface area contributed by atoms with Crippen molar-refractivity contribution in [1.82, 2.24) is 4.57 Å². The number of hydrogen-bond donors (Lipinski definition) is 0. The van der Waals surface area contributed by atoms with Crippen molar-refractivity contribution < 1.29 is 4.79 Å². The number of aromatic nitrogens is 1. The molecule has 12 rings (SSSR count). The third-order valence-corrected chi connectivity index (χ3v) is 16.0. The first-order valence-electron chi connectivity index (χ1n) is 21.2. The Morgan fingerprint density at radius 1 is 0.468 bits per heavy atom. The summed E-state index contributed by atoms with van der Waals surface area (Å²) in [7, 11) is 0. The first-order valence-corrected chi connectivity index (χ1v) is 23.6. The number of hydrogen-bond acceptors (Lipinski definition) is 3. The predicted octanol–water partition coefficient (Wildman–Crippen LogP) is 12.7. The van der Waals surface area contributed by atoms with E-state index in [1.54, 1.807) is 0 Å². The van der Waals surface area contributed by atoms with Crippen molar-refractivity contribution in [3.63, 3.8) is 0 Å². The van der Waals surface area contributed by atoms with E-state index in [-0.39, 0.29) is 11.7 Å². The maximum absolute atomic E-state index is 14.7. The van der Waals surface area contributed by atoms with Crippen molar-refractivity contribution in [1.29, 1.82) is 0 Å². The maximum atomic E-state index is 14.7. The molecule has 1 unspecified atom stereocenters. The first kappa shape index (κ1) is 36.8. The molecule has 62 heavy (non-hydrogen) atoms. The van der Waals surface area contributed by atoms with Gasteiger partial charge in [0.2, 0.25) is 0 Å². The van der Waals surface area contributed by atoms with Gasteiger partial charge in [-0.3, -0.25) is 0 Å². The standard InChI is InChI=1S/C57H40N3OTe/c61-57-51-33-40-31-38-15-13-14-16-39(38)32-41(40)34-56(51)62-55-30-27-48(37-52(55)57)60-53-28-25-46(58(42-17-5-1-6-18-42)43-19-7-2-8-20-43)35-49(53)50-36-47(26-29-54(50)60)59(44-21-9-3-10-22-44)45-23-11-4-12-24-45/h1-30,33-37,51H,31-32H2. The second-order valence-corrected chi connectivity index (χ2v) is 19.4. The van der Waals surface area contributed by atoms with E-state index >= 15 is 0 Å². The fraction of sp³-hybridized carbons (Fsp3) is 0.0526. The second kappa shape index (κ2) is 15.2. The number of ketones is 1. The van der Waals surface area contributed by atoms with E-state index in [0.29, 0.717) is 0 Å². The molecule has 2 aliphatic carbocycles. The molecule has 295 valence electrons. The molecular weight excluding hydrogens is 870 g/mol. The Bertz CT molecular complexity index is 3090. The van der Waals surface area contributed by atoms with E-state index in [2.05, 4.69) is 227 Å². The zero-order valence-electron chi connectivity index (χ0n) is 33.9. The summed E-state index contributed by atoms with van der Waals surface area (Å²) in [4.78, 5) is 19.4. The first-order chi connectivity index (χ1) is 30.6. The van der Waals surface area contributed by atoms with Crippen molar-refractivity contribution in [2.45, 2.75) is 12.8 Å². The van der Waals surface area contributed by atoms with Crippen LogP contribution in [0, 0.1) is 5.92 Å². The number of Topliss-reactive ketones (excluding diaryl/α,β-unsaturated/α-hetero) is 1. The van der Waals surface area contributed by atoms with E-state index in [1.165, 1.54) is 29.4 Å². The molecule has 2 heterocycles. The van der Waals surface area contributed by atoms with Crippen LogP contribution in [0.25, 0.3) is 27.5 Å². The molecular formula is C57H40N3OTe. The van der Waals surface area contributed by atoms with E-state index in [1.807, 2.05) is 0 Å². The third kappa shape index (κ3) is 6.28. The molecule has 1 aliphatic heterocycles. The molecule has 0 fully saturated rings. The van der Waals surface area contributed by atoms with Crippen LogP contribution >= 0.6 is 0 Å². The van der Waals surface area contributed by atoms with E-state index in [4.69, 9.17) is 0 Å². The Labute approximate surface area is 370 Å². The number of fused-ring (bicyclic) bond motifs is 7. The summed E-state index contributed by atoms with van der Waals surface area (Å²) < 4.78 is 4.94. The number of carbonyl (C=O) groups is 1. The van der Waals surface area contributed by atoms with E-state index in [0.717, 1.165) is 80.0 Å². The van der Waals surface area contributed by atoms with Gasteiger partial charge in [0.25, 0.3) is 0 Å². The number of nitrogens with zero attached hydrogens (tertiary/aromatic N) is 3. The average Bonchev–Trinajstić information content (AvgIpc) is 3.65. The number of rotatable bonds is 7. The summed E-state index contributed by atoms with van der Waals surface area (Å²) in [5.41, 5.74) is 16.1. The van der Waals surface area contributed by atoms with Crippen molar-refractivity contribution in [3.8, 4) is 5.69 Å². The van der Waals surface area contributed by atoms with Crippen LogP contribution < -0.4 is 13.4 Å². The van der Waals surface area contributed by atoms with Crippen LogP contribution in [-0.2, 0) is 12.8 Å². The topological polar surface area (TPSA) is 28.5 Å². The van der Waals surface area contributed by atoms with Crippen molar-refractivity contribution >= 4 is 89.3 Å². The fourth-order valence-corrected chi connectivity index (χ4v) is 13.0. The average molecular weight is 911 g/mol. The molecule has 8 aromatic carbocycles. The van der Waals surface area contributed by atoms with Gasteiger partial charge in [0.15, 0.2) is 0 Å². The van der Waals surface area contributed by atoms with Crippen LogP contribution in [0.4, 0.5) is 34.1 Å². The van der Waals surface area contributed by atoms with Crippen molar-refractivity contribution in [2.75, 3.05) is 9.80 Å². The number of allylic oxidation sites excluding steroid dienone is 4. The number of benzene rings is 8. The molecule has 9 aromatic rings. The molecule has 1 radical (unpaired) electrons. The van der Waals surface area contributed by atoms with Crippen LogP contribution in [0.3, 0.4) is 0 Å². The molecule has 0 saturated carbocycles. The molecule has 0 bridgehead atoms. The zero-order valence-corrected chi connectivity index (χ0v) is 36.2. The molecule has 1 atom stereocenters. The molecule has 1 aromatic heterocycles. The van der Waals surface area contributed by atoms with Crippen LogP contribution in [0.2, 0.25) is 0 Å². The number of anilines is 6. The molecule has 0 saturated heterocycles. The quantitative estimate of drug-likeness (QED) is 0.149. The Kier molecular flexibility index (Phi) is 8.99. The minimum atomic E-state index is -0.730. The summed E-state index contributed by atoms with van der Waals surface area (Å²) in [6, 6.07) is 71.4. The molecule has 4 nitrogen and oxygen atoms in total. The number of carbonyl (C=O) groups excluding carboxylic acids is 1. The molecule has 0 spiro atoms. The van der Waals surface area contributed by atoms with Gasteiger partial charge in [-0.15, -0.1) is 0 Å². The second-order valence-electron chi connectivity index (χ2n) is 16.3. The molecule has 3 aliphatic rings. The van der Waals surface area contributed by atoms with Crippen LogP contribution in [-0.4, -0.2) is 34.4 Å². The summed E-state index contributed by atoms with van der Waals surface area (Å²) in [6.45, 7) is 0.